The van der Waals surface area contributed by atoms with Gasteiger partial charge in [-0.1, -0.05) is 46.3 Å². The zero-order valence-electron chi connectivity index (χ0n) is 13.7. The largest absolute Gasteiger partial charge is 0.475 e. The quantitative estimate of drug-likeness (QED) is 0.652. The molecule has 0 amide bonds. The molecular formula is C20H18BrN3O. The van der Waals surface area contributed by atoms with Gasteiger partial charge in [-0.05, 0) is 29.8 Å². The van der Waals surface area contributed by atoms with E-state index in [1.807, 2.05) is 42.9 Å². The van der Waals surface area contributed by atoms with E-state index >= 15 is 0 Å². The third-order valence-electron chi connectivity index (χ3n) is 4.32. The number of rotatable bonds is 5. The Morgan fingerprint density at radius 3 is 2.60 bits per heavy atom. The van der Waals surface area contributed by atoms with Crippen LogP contribution in [0.15, 0.2) is 82.8 Å². The van der Waals surface area contributed by atoms with Crippen LogP contribution < -0.4 is 0 Å². The number of benzene rings is 2. The second kappa shape index (κ2) is 6.84. The summed E-state index contributed by atoms with van der Waals surface area (Å²) in [6.07, 6.45) is 6.43. The molecule has 4 nitrogen and oxygen atoms in total. The lowest BCUT2D eigenvalue weighted by Gasteiger charge is -2.24. The molecule has 2 aromatic carbocycles. The Labute approximate surface area is 155 Å². The van der Waals surface area contributed by atoms with Crippen molar-refractivity contribution in [3.8, 4) is 0 Å². The summed E-state index contributed by atoms with van der Waals surface area (Å²) in [7, 11) is 0. The maximum Gasteiger partial charge on any atom is 0.216 e. The van der Waals surface area contributed by atoms with Gasteiger partial charge in [-0.3, -0.25) is 0 Å². The first kappa shape index (κ1) is 16.1. The first-order chi connectivity index (χ1) is 12.2. The zero-order valence-corrected chi connectivity index (χ0v) is 15.3. The van der Waals surface area contributed by atoms with E-state index in [2.05, 4.69) is 49.7 Å². The Kier molecular flexibility index (Phi) is 4.40. The summed E-state index contributed by atoms with van der Waals surface area (Å²) in [6.45, 7) is 1.30. The molecular weight excluding hydrogens is 378 g/mol. The standard InChI is InChI=1S/C20H18BrN3O/c21-18-8-6-17(7-9-18)19-23-20(14-25-19,13-24-11-10-22-15-24)12-16-4-2-1-3-5-16/h1-11,15H,12-14H2. The molecule has 1 atom stereocenters. The molecule has 3 aromatic rings. The molecule has 1 unspecified atom stereocenters. The first-order valence-electron chi connectivity index (χ1n) is 8.21. The van der Waals surface area contributed by atoms with Crippen molar-refractivity contribution in [2.24, 2.45) is 4.99 Å². The van der Waals surface area contributed by atoms with Gasteiger partial charge in [0.15, 0.2) is 0 Å². The Hall–Kier alpha value is -2.40. The van der Waals surface area contributed by atoms with Crippen molar-refractivity contribution in [3.05, 3.63) is 88.9 Å². The minimum Gasteiger partial charge on any atom is -0.475 e. The predicted molar refractivity (Wildman–Crippen MR) is 102 cm³/mol. The van der Waals surface area contributed by atoms with Crippen LogP contribution in [-0.4, -0.2) is 27.6 Å². The lowest BCUT2D eigenvalue weighted by molar-refractivity contribution is 0.233. The Morgan fingerprint density at radius 1 is 1.08 bits per heavy atom. The number of hydrogen-bond donors (Lipinski definition) is 0. The fourth-order valence-corrected chi connectivity index (χ4v) is 3.41. The lowest BCUT2D eigenvalue weighted by Crippen LogP contribution is -2.36. The molecule has 5 heteroatoms. The molecule has 0 saturated carbocycles. The number of nitrogens with zero attached hydrogens (tertiary/aromatic N) is 3. The van der Waals surface area contributed by atoms with E-state index in [0.717, 1.165) is 23.0 Å². The highest BCUT2D eigenvalue weighted by atomic mass is 79.9. The molecule has 0 bridgehead atoms. The van der Waals surface area contributed by atoms with E-state index in [4.69, 9.17) is 9.73 Å². The fraction of sp³-hybridized carbons (Fsp3) is 0.200. The normalized spacial score (nSPS) is 19.5. The van der Waals surface area contributed by atoms with Crippen molar-refractivity contribution in [3.63, 3.8) is 0 Å². The van der Waals surface area contributed by atoms with Gasteiger partial charge in [-0.2, -0.15) is 0 Å². The van der Waals surface area contributed by atoms with Gasteiger partial charge in [-0.15, -0.1) is 0 Å². The van der Waals surface area contributed by atoms with Crippen LogP contribution in [0, 0.1) is 0 Å². The molecule has 2 heterocycles. The molecule has 1 aliphatic heterocycles. The van der Waals surface area contributed by atoms with Crippen LogP contribution in [0.2, 0.25) is 0 Å². The van der Waals surface area contributed by atoms with E-state index < -0.39 is 0 Å². The smallest absolute Gasteiger partial charge is 0.216 e. The molecule has 126 valence electrons. The third kappa shape index (κ3) is 3.66. The monoisotopic (exact) mass is 395 g/mol. The molecule has 0 fully saturated rings. The average molecular weight is 396 g/mol. The molecule has 1 aliphatic rings. The van der Waals surface area contributed by atoms with Crippen LogP contribution >= 0.6 is 15.9 Å². The van der Waals surface area contributed by atoms with Crippen LogP contribution in [0.5, 0.6) is 0 Å². The van der Waals surface area contributed by atoms with Gasteiger partial charge in [-0.25, -0.2) is 9.98 Å². The second-order valence-corrected chi connectivity index (χ2v) is 7.25. The van der Waals surface area contributed by atoms with Gasteiger partial charge in [0.2, 0.25) is 5.90 Å². The topological polar surface area (TPSA) is 39.4 Å². The van der Waals surface area contributed by atoms with Crippen molar-refractivity contribution < 1.29 is 4.74 Å². The molecule has 1 aromatic heterocycles. The van der Waals surface area contributed by atoms with Crippen molar-refractivity contribution in [2.45, 2.75) is 18.5 Å². The van der Waals surface area contributed by atoms with Crippen molar-refractivity contribution in [1.82, 2.24) is 9.55 Å². The molecule has 0 radical (unpaired) electrons. The maximum atomic E-state index is 6.02. The predicted octanol–water partition coefficient (Wildman–Crippen LogP) is 4.10. The number of ether oxygens (including phenoxy) is 1. The molecule has 0 saturated heterocycles. The summed E-state index contributed by atoms with van der Waals surface area (Å²) in [6, 6.07) is 18.5. The van der Waals surface area contributed by atoms with Gasteiger partial charge in [0.05, 0.1) is 12.9 Å². The molecule has 0 spiro atoms. The van der Waals surface area contributed by atoms with Gasteiger partial charge in [0, 0.05) is 28.9 Å². The second-order valence-electron chi connectivity index (χ2n) is 6.33. The summed E-state index contributed by atoms with van der Waals surface area (Å²) in [5.74, 6) is 0.712. The molecule has 25 heavy (non-hydrogen) atoms. The van der Waals surface area contributed by atoms with Crippen molar-refractivity contribution in [1.29, 1.82) is 0 Å². The maximum absolute atomic E-state index is 6.02. The van der Waals surface area contributed by atoms with Crippen LogP contribution in [-0.2, 0) is 17.7 Å². The Balaban J connectivity index is 1.67. The molecule has 4 rings (SSSR count). The third-order valence-corrected chi connectivity index (χ3v) is 4.85. The Morgan fingerprint density at radius 2 is 1.88 bits per heavy atom. The fourth-order valence-electron chi connectivity index (χ4n) is 3.15. The van der Waals surface area contributed by atoms with Crippen LogP contribution in [0.3, 0.4) is 0 Å². The average Bonchev–Trinajstić information content (AvgIpc) is 3.27. The SMILES string of the molecule is Brc1ccc(C2=NC(Cc3ccccc3)(Cn3ccnc3)CO2)cc1. The minimum absolute atomic E-state index is 0.329. The highest BCUT2D eigenvalue weighted by Crippen LogP contribution is 2.28. The highest BCUT2D eigenvalue weighted by molar-refractivity contribution is 9.10. The lowest BCUT2D eigenvalue weighted by atomic mass is 9.92. The van der Waals surface area contributed by atoms with E-state index in [0.29, 0.717) is 12.5 Å². The summed E-state index contributed by atoms with van der Waals surface area (Å²) >= 11 is 3.47. The van der Waals surface area contributed by atoms with Gasteiger partial charge in [0.1, 0.15) is 12.1 Å². The van der Waals surface area contributed by atoms with Gasteiger partial charge in [0.25, 0.3) is 0 Å². The number of imidazole rings is 1. The summed E-state index contributed by atoms with van der Waals surface area (Å²) in [5, 5.41) is 0. The molecule has 0 N–H and O–H groups in total. The van der Waals surface area contributed by atoms with Crippen LogP contribution in [0.4, 0.5) is 0 Å². The number of aromatic nitrogens is 2. The van der Waals surface area contributed by atoms with E-state index in [9.17, 15) is 0 Å². The highest BCUT2D eigenvalue weighted by Gasteiger charge is 2.37. The van der Waals surface area contributed by atoms with Crippen LogP contribution in [0.25, 0.3) is 0 Å². The van der Waals surface area contributed by atoms with Crippen LogP contribution in [0.1, 0.15) is 11.1 Å². The summed E-state index contributed by atoms with van der Waals surface area (Å²) < 4.78 is 9.13. The Bertz CT molecular complexity index is 860. The van der Waals surface area contributed by atoms with E-state index in [-0.39, 0.29) is 5.54 Å². The van der Waals surface area contributed by atoms with E-state index in [1.165, 1.54) is 5.56 Å². The zero-order chi connectivity index (χ0) is 17.1. The number of hydrogen-bond acceptors (Lipinski definition) is 3. The molecule has 0 aliphatic carbocycles. The van der Waals surface area contributed by atoms with Crippen molar-refractivity contribution in [2.75, 3.05) is 6.61 Å². The summed E-state index contributed by atoms with van der Waals surface area (Å²) in [5.41, 5.74) is 1.93. The first-order valence-corrected chi connectivity index (χ1v) is 9.00. The number of halogens is 1. The number of aliphatic imine (C=N–C) groups is 1. The van der Waals surface area contributed by atoms with Crippen molar-refractivity contribution >= 4 is 21.8 Å². The van der Waals surface area contributed by atoms with Gasteiger partial charge < -0.3 is 9.30 Å². The van der Waals surface area contributed by atoms with Gasteiger partial charge >= 0.3 is 0 Å². The minimum atomic E-state index is -0.329. The van der Waals surface area contributed by atoms with E-state index in [1.54, 1.807) is 6.20 Å². The summed E-state index contributed by atoms with van der Waals surface area (Å²) in [4.78, 5) is 9.18.